The van der Waals surface area contributed by atoms with E-state index >= 15 is 0 Å². The maximum absolute atomic E-state index is 5.54. The highest BCUT2D eigenvalue weighted by atomic mass is 16.5. The molecule has 2 aromatic heterocycles. The zero-order valence-electron chi connectivity index (χ0n) is 14.7. The molecule has 7 nitrogen and oxygen atoms in total. The first-order valence-corrected chi connectivity index (χ1v) is 8.07. The Morgan fingerprint density at radius 3 is 2.62 bits per heavy atom. The van der Waals surface area contributed by atoms with Crippen LogP contribution in [0.4, 0.5) is 0 Å². The number of nitrogens with one attached hydrogen (secondary N) is 2. The third-order valence-electron chi connectivity index (χ3n) is 3.42. The van der Waals surface area contributed by atoms with E-state index in [1.165, 1.54) is 0 Å². The smallest absolute Gasteiger partial charge is 0.214 e. The maximum atomic E-state index is 5.54. The van der Waals surface area contributed by atoms with Crippen molar-refractivity contribution in [1.29, 1.82) is 0 Å². The number of aromatic nitrogens is 2. The summed E-state index contributed by atoms with van der Waals surface area (Å²) in [6.45, 7) is 7.68. The van der Waals surface area contributed by atoms with Gasteiger partial charge in [0.25, 0.3) is 0 Å². The minimum absolute atomic E-state index is 0.483. The Kier molecular flexibility index (Phi) is 6.60. The number of ether oxygens (including phenoxy) is 1. The molecule has 2 rings (SSSR count). The summed E-state index contributed by atoms with van der Waals surface area (Å²) in [5, 5.41) is 6.40. The maximum Gasteiger partial charge on any atom is 0.214 e. The number of oxazole rings is 1. The van der Waals surface area contributed by atoms with Crippen molar-refractivity contribution in [3.05, 3.63) is 41.2 Å². The van der Waals surface area contributed by atoms with Gasteiger partial charge in [-0.2, -0.15) is 0 Å². The second-order valence-corrected chi connectivity index (χ2v) is 5.38. The van der Waals surface area contributed by atoms with E-state index in [0.717, 1.165) is 23.4 Å². The minimum atomic E-state index is 0.483. The van der Waals surface area contributed by atoms with Gasteiger partial charge < -0.3 is 19.8 Å². The molecule has 24 heavy (non-hydrogen) atoms. The molecule has 0 radical (unpaired) electrons. The van der Waals surface area contributed by atoms with E-state index < -0.39 is 0 Å². The topological polar surface area (TPSA) is 84.6 Å². The summed E-state index contributed by atoms with van der Waals surface area (Å²) in [7, 11) is 1.72. The van der Waals surface area contributed by atoms with Crippen LogP contribution in [0, 0.1) is 13.8 Å². The summed E-state index contributed by atoms with van der Waals surface area (Å²) < 4.78 is 11.0. The van der Waals surface area contributed by atoms with Crippen LogP contribution in [0.2, 0.25) is 0 Å². The Morgan fingerprint density at radius 1 is 1.25 bits per heavy atom. The number of nitrogens with zero attached hydrogens (tertiary/aromatic N) is 3. The van der Waals surface area contributed by atoms with Crippen LogP contribution >= 0.6 is 0 Å². The highest BCUT2D eigenvalue weighted by Gasteiger charge is 2.06. The molecule has 7 heteroatoms. The van der Waals surface area contributed by atoms with Crippen molar-refractivity contribution in [2.45, 2.75) is 40.3 Å². The molecular formula is C17H25N5O2. The van der Waals surface area contributed by atoms with E-state index in [1.54, 1.807) is 13.2 Å². The first-order chi connectivity index (χ1) is 11.6. The molecule has 0 fully saturated rings. The van der Waals surface area contributed by atoms with E-state index in [4.69, 9.17) is 9.15 Å². The van der Waals surface area contributed by atoms with Gasteiger partial charge >= 0.3 is 0 Å². The molecule has 0 unspecified atom stereocenters. The van der Waals surface area contributed by atoms with Crippen LogP contribution < -0.4 is 15.4 Å². The average molecular weight is 331 g/mol. The Morgan fingerprint density at radius 2 is 2.04 bits per heavy atom. The predicted molar refractivity (Wildman–Crippen MR) is 93.0 cm³/mol. The summed E-state index contributed by atoms with van der Waals surface area (Å²) in [6, 6.07) is 3.86. The number of pyridine rings is 1. The van der Waals surface area contributed by atoms with Crippen molar-refractivity contribution in [2.75, 3.05) is 13.7 Å². The number of hydrogen-bond acceptors (Lipinski definition) is 5. The predicted octanol–water partition coefficient (Wildman–Crippen LogP) is 2.34. The molecule has 0 spiro atoms. The van der Waals surface area contributed by atoms with Gasteiger partial charge in [0, 0.05) is 25.9 Å². The lowest BCUT2D eigenvalue weighted by molar-refractivity contribution is 0.305. The molecule has 0 aliphatic rings. The van der Waals surface area contributed by atoms with Crippen molar-refractivity contribution in [1.82, 2.24) is 20.6 Å². The van der Waals surface area contributed by atoms with Gasteiger partial charge in [0.15, 0.2) is 5.96 Å². The van der Waals surface area contributed by atoms with Gasteiger partial charge in [-0.05, 0) is 25.8 Å². The molecule has 0 saturated carbocycles. The fourth-order valence-corrected chi connectivity index (χ4v) is 1.99. The number of rotatable bonds is 7. The largest absolute Gasteiger partial charge is 0.478 e. The molecule has 0 bridgehead atoms. The molecular weight excluding hydrogens is 306 g/mol. The SMILES string of the molecule is CCCOc1ccc(CNC(=NC)NCc2nc(C)c(C)o2)cn1. The average Bonchev–Trinajstić information content (AvgIpc) is 2.92. The molecule has 0 aromatic carbocycles. The molecule has 0 aliphatic heterocycles. The summed E-state index contributed by atoms with van der Waals surface area (Å²) >= 11 is 0. The first kappa shape index (κ1) is 17.8. The molecule has 0 amide bonds. The zero-order chi connectivity index (χ0) is 17.4. The van der Waals surface area contributed by atoms with Crippen LogP contribution in [0.5, 0.6) is 5.88 Å². The first-order valence-electron chi connectivity index (χ1n) is 8.07. The normalized spacial score (nSPS) is 11.4. The number of aryl methyl sites for hydroxylation is 2. The van der Waals surface area contributed by atoms with Gasteiger partial charge in [0.1, 0.15) is 5.76 Å². The van der Waals surface area contributed by atoms with Crippen LogP contribution in [-0.2, 0) is 13.1 Å². The Labute approximate surface area is 142 Å². The molecule has 0 saturated heterocycles. The van der Waals surface area contributed by atoms with E-state index in [0.29, 0.717) is 37.4 Å². The summed E-state index contributed by atoms with van der Waals surface area (Å²) in [5.41, 5.74) is 1.95. The van der Waals surface area contributed by atoms with Gasteiger partial charge in [0.05, 0.1) is 18.8 Å². The van der Waals surface area contributed by atoms with E-state index in [9.17, 15) is 0 Å². The highest BCUT2D eigenvalue weighted by molar-refractivity contribution is 5.79. The number of guanidine groups is 1. The highest BCUT2D eigenvalue weighted by Crippen LogP contribution is 2.08. The van der Waals surface area contributed by atoms with E-state index in [2.05, 4.69) is 32.5 Å². The standard InChI is InChI=1S/C17H25N5O2/c1-5-8-23-15-7-6-14(9-19-15)10-20-17(18-4)21-11-16-22-12(2)13(3)24-16/h6-7,9H,5,8,10-11H2,1-4H3,(H2,18,20,21). The molecule has 2 aromatic rings. The molecule has 2 N–H and O–H groups in total. The van der Waals surface area contributed by atoms with Crippen LogP contribution in [0.15, 0.2) is 27.7 Å². The molecule has 2 heterocycles. The summed E-state index contributed by atoms with van der Waals surface area (Å²) in [5.74, 6) is 2.81. The quantitative estimate of drug-likeness (QED) is 0.598. The minimum Gasteiger partial charge on any atom is -0.478 e. The van der Waals surface area contributed by atoms with Crippen LogP contribution in [0.1, 0.15) is 36.3 Å². The Bertz CT molecular complexity index is 645. The van der Waals surface area contributed by atoms with Crippen molar-refractivity contribution >= 4 is 5.96 Å². The van der Waals surface area contributed by atoms with E-state index in [1.807, 2.05) is 26.0 Å². The summed E-state index contributed by atoms with van der Waals surface area (Å²) in [4.78, 5) is 12.8. The van der Waals surface area contributed by atoms with Crippen LogP contribution in [0.25, 0.3) is 0 Å². The Balaban J connectivity index is 1.80. The van der Waals surface area contributed by atoms with Gasteiger partial charge in [-0.15, -0.1) is 0 Å². The van der Waals surface area contributed by atoms with Crippen molar-refractivity contribution in [3.63, 3.8) is 0 Å². The van der Waals surface area contributed by atoms with Gasteiger partial charge in [-0.25, -0.2) is 9.97 Å². The fourth-order valence-electron chi connectivity index (χ4n) is 1.99. The fraction of sp³-hybridized carbons (Fsp3) is 0.471. The molecule has 0 atom stereocenters. The monoisotopic (exact) mass is 331 g/mol. The van der Waals surface area contributed by atoms with Gasteiger partial charge in [-0.3, -0.25) is 4.99 Å². The van der Waals surface area contributed by atoms with Crippen molar-refractivity contribution in [2.24, 2.45) is 4.99 Å². The number of hydrogen-bond donors (Lipinski definition) is 2. The molecule has 130 valence electrons. The lowest BCUT2D eigenvalue weighted by atomic mass is 10.3. The molecule has 0 aliphatic carbocycles. The lowest BCUT2D eigenvalue weighted by Gasteiger charge is -2.11. The third kappa shape index (κ3) is 5.26. The van der Waals surface area contributed by atoms with Crippen LogP contribution in [-0.4, -0.2) is 29.6 Å². The second-order valence-electron chi connectivity index (χ2n) is 5.38. The van der Waals surface area contributed by atoms with Crippen molar-refractivity contribution < 1.29 is 9.15 Å². The van der Waals surface area contributed by atoms with Crippen molar-refractivity contribution in [3.8, 4) is 5.88 Å². The Hall–Kier alpha value is -2.57. The van der Waals surface area contributed by atoms with Gasteiger partial charge in [0.2, 0.25) is 11.8 Å². The zero-order valence-corrected chi connectivity index (χ0v) is 14.7. The van der Waals surface area contributed by atoms with Gasteiger partial charge in [-0.1, -0.05) is 13.0 Å². The summed E-state index contributed by atoms with van der Waals surface area (Å²) in [6.07, 6.45) is 2.77. The third-order valence-corrected chi connectivity index (χ3v) is 3.42. The van der Waals surface area contributed by atoms with Crippen LogP contribution in [0.3, 0.4) is 0 Å². The second kappa shape index (κ2) is 8.90. The lowest BCUT2D eigenvalue weighted by Crippen LogP contribution is -2.36. The van der Waals surface area contributed by atoms with E-state index in [-0.39, 0.29) is 0 Å². The number of aliphatic imine (C=N–C) groups is 1.